The maximum absolute atomic E-state index is 6.23. The van der Waals surface area contributed by atoms with Crippen molar-refractivity contribution < 1.29 is 4.74 Å². The van der Waals surface area contributed by atoms with Gasteiger partial charge in [0.2, 0.25) is 0 Å². The topological polar surface area (TPSA) is 35.2 Å². The molecule has 0 spiro atoms. The van der Waals surface area contributed by atoms with Crippen molar-refractivity contribution >= 4 is 11.3 Å². The van der Waals surface area contributed by atoms with E-state index in [0.29, 0.717) is 12.6 Å². The van der Waals surface area contributed by atoms with E-state index in [0.717, 1.165) is 0 Å². The molecule has 1 saturated carbocycles. The Labute approximate surface area is 108 Å². The molecule has 0 saturated heterocycles. The summed E-state index contributed by atoms with van der Waals surface area (Å²) in [6, 6.07) is 2.15. The predicted octanol–water partition coefficient (Wildman–Crippen LogP) is 3.80. The molecular weight excluding hydrogens is 230 g/mol. The first kappa shape index (κ1) is 13.1. The Kier molecular flexibility index (Phi) is 5.01. The van der Waals surface area contributed by atoms with Crippen LogP contribution in [0, 0.1) is 6.92 Å². The Bertz CT molecular complexity index is 329. The van der Waals surface area contributed by atoms with E-state index in [9.17, 15) is 0 Å². The number of ether oxygens (including phenoxy) is 1. The Morgan fingerprint density at radius 2 is 2.06 bits per heavy atom. The van der Waals surface area contributed by atoms with Crippen molar-refractivity contribution in [3.63, 3.8) is 0 Å². The summed E-state index contributed by atoms with van der Waals surface area (Å²) in [5.41, 5.74) is 7.19. The Morgan fingerprint density at radius 3 is 2.59 bits per heavy atom. The molecule has 1 atom stereocenters. The van der Waals surface area contributed by atoms with Crippen LogP contribution in [0.15, 0.2) is 11.4 Å². The van der Waals surface area contributed by atoms with Gasteiger partial charge in [-0.15, -0.1) is 11.3 Å². The summed E-state index contributed by atoms with van der Waals surface area (Å²) in [7, 11) is 0. The van der Waals surface area contributed by atoms with Crippen LogP contribution >= 0.6 is 11.3 Å². The van der Waals surface area contributed by atoms with Crippen molar-refractivity contribution in [3.05, 3.63) is 21.9 Å². The van der Waals surface area contributed by atoms with Crippen LogP contribution in [-0.2, 0) is 4.74 Å². The summed E-state index contributed by atoms with van der Waals surface area (Å²) in [5.74, 6) is 0. The summed E-state index contributed by atoms with van der Waals surface area (Å²) in [6.45, 7) is 2.74. The van der Waals surface area contributed by atoms with Crippen LogP contribution in [-0.4, -0.2) is 12.6 Å². The van der Waals surface area contributed by atoms with E-state index in [-0.39, 0.29) is 6.10 Å². The third-order valence-electron chi connectivity index (χ3n) is 3.57. The molecular formula is C14H23NOS. The first-order valence-electron chi connectivity index (χ1n) is 6.70. The van der Waals surface area contributed by atoms with Gasteiger partial charge in [0.15, 0.2) is 0 Å². The lowest BCUT2D eigenvalue weighted by atomic mass is 10.1. The molecule has 0 aromatic carbocycles. The molecule has 96 valence electrons. The minimum atomic E-state index is 0.109. The first-order valence-corrected chi connectivity index (χ1v) is 7.58. The predicted molar refractivity (Wildman–Crippen MR) is 73.4 cm³/mol. The molecule has 0 radical (unpaired) electrons. The number of nitrogens with two attached hydrogens (primary N) is 1. The fourth-order valence-corrected chi connectivity index (χ4v) is 3.53. The average molecular weight is 253 g/mol. The van der Waals surface area contributed by atoms with Gasteiger partial charge in [0.1, 0.15) is 6.10 Å². The zero-order valence-electron chi connectivity index (χ0n) is 10.7. The van der Waals surface area contributed by atoms with Crippen LogP contribution in [0.4, 0.5) is 0 Å². The molecule has 1 aromatic heterocycles. The molecule has 1 aliphatic rings. The normalized spacial score (nSPS) is 20.1. The van der Waals surface area contributed by atoms with E-state index >= 15 is 0 Å². The molecule has 0 bridgehead atoms. The summed E-state index contributed by atoms with van der Waals surface area (Å²) in [4.78, 5) is 1.32. The van der Waals surface area contributed by atoms with Crippen LogP contribution in [0.3, 0.4) is 0 Å². The van der Waals surface area contributed by atoms with Gasteiger partial charge in [-0.05, 0) is 36.8 Å². The lowest BCUT2D eigenvalue weighted by molar-refractivity contribution is -0.0145. The standard InChI is InChI=1S/C14H23NOS/c1-11-8-9-17-14(11)13(10-15)16-12-6-4-2-3-5-7-12/h8-9,12-13H,2-7,10,15H2,1H3. The highest BCUT2D eigenvalue weighted by molar-refractivity contribution is 7.10. The van der Waals surface area contributed by atoms with Crippen LogP contribution in [0.2, 0.25) is 0 Å². The molecule has 1 heterocycles. The lowest BCUT2D eigenvalue weighted by Crippen LogP contribution is -2.22. The summed E-state index contributed by atoms with van der Waals surface area (Å²) < 4.78 is 6.23. The van der Waals surface area contributed by atoms with Gasteiger partial charge in [-0.25, -0.2) is 0 Å². The maximum atomic E-state index is 6.23. The van der Waals surface area contributed by atoms with E-state index in [2.05, 4.69) is 18.4 Å². The lowest BCUT2D eigenvalue weighted by Gasteiger charge is -2.23. The second-order valence-corrected chi connectivity index (χ2v) is 5.89. The molecule has 1 aromatic rings. The van der Waals surface area contributed by atoms with Crippen molar-refractivity contribution in [2.45, 2.75) is 57.7 Å². The van der Waals surface area contributed by atoms with Gasteiger partial charge < -0.3 is 10.5 Å². The smallest absolute Gasteiger partial charge is 0.104 e. The van der Waals surface area contributed by atoms with Crippen molar-refractivity contribution in [1.82, 2.24) is 0 Å². The van der Waals surface area contributed by atoms with Gasteiger partial charge in [-0.3, -0.25) is 0 Å². The number of hydrogen-bond donors (Lipinski definition) is 1. The van der Waals surface area contributed by atoms with Gasteiger partial charge in [-0.2, -0.15) is 0 Å². The Hall–Kier alpha value is -0.380. The Morgan fingerprint density at radius 1 is 1.35 bits per heavy atom. The van der Waals surface area contributed by atoms with E-state index in [4.69, 9.17) is 10.5 Å². The monoisotopic (exact) mass is 253 g/mol. The zero-order valence-corrected chi connectivity index (χ0v) is 11.5. The number of aryl methyl sites for hydroxylation is 1. The molecule has 2 rings (SSSR count). The molecule has 2 nitrogen and oxygen atoms in total. The molecule has 0 amide bonds. The third kappa shape index (κ3) is 3.54. The fourth-order valence-electron chi connectivity index (χ4n) is 2.55. The Balaban J connectivity index is 1.97. The quantitative estimate of drug-likeness (QED) is 0.828. The fraction of sp³-hybridized carbons (Fsp3) is 0.714. The van der Waals surface area contributed by atoms with Gasteiger partial charge in [-0.1, -0.05) is 25.7 Å². The first-order chi connectivity index (χ1) is 8.31. The van der Waals surface area contributed by atoms with Gasteiger partial charge in [0.25, 0.3) is 0 Å². The van der Waals surface area contributed by atoms with Crippen molar-refractivity contribution in [2.24, 2.45) is 5.73 Å². The van der Waals surface area contributed by atoms with E-state index in [1.54, 1.807) is 11.3 Å². The minimum Gasteiger partial charge on any atom is -0.368 e. The van der Waals surface area contributed by atoms with Crippen molar-refractivity contribution in [1.29, 1.82) is 0 Å². The highest BCUT2D eigenvalue weighted by Crippen LogP contribution is 2.30. The summed E-state index contributed by atoms with van der Waals surface area (Å²) in [6.07, 6.45) is 8.31. The number of thiophene rings is 1. The van der Waals surface area contributed by atoms with Crippen LogP contribution in [0.1, 0.15) is 55.1 Å². The minimum absolute atomic E-state index is 0.109. The van der Waals surface area contributed by atoms with Crippen LogP contribution in [0.5, 0.6) is 0 Å². The molecule has 3 heteroatoms. The van der Waals surface area contributed by atoms with Crippen LogP contribution < -0.4 is 5.73 Å². The average Bonchev–Trinajstić information content (AvgIpc) is 2.62. The maximum Gasteiger partial charge on any atom is 0.104 e. The largest absolute Gasteiger partial charge is 0.368 e. The third-order valence-corrected chi connectivity index (χ3v) is 4.68. The SMILES string of the molecule is Cc1ccsc1C(CN)OC1CCCCCC1. The van der Waals surface area contributed by atoms with Gasteiger partial charge >= 0.3 is 0 Å². The summed E-state index contributed by atoms with van der Waals surface area (Å²) >= 11 is 1.77. The number of hydrogen-bond acceptors (Lipinski definition) is 3. The highest BCUT2D eigenvalue weighted by Gasteiger charge is 2.20. The molecule has 1 unspecified atom stereocenters. The second kappa shape index (κ2) is 6.53. The second-order valence-electron chi connectivity index (χ2n) is 4.94. The molecule has 17 heavy (non-hydrogen) atoms. The molecule has 1 aliphatic carbocycles. The molecule has 2 N–H and O–H groups in total. The van der Waals surface area contributed by atoms with Gasteiger partial charge in [0.05, 0.1) is 6.10 Å². The van der Waals surface area contributed by atoms with Gasteiger partial charge in [0, 0.05) is 11.4 Å². The van der Waals surface area contributed by atoms with E-state index in [1.165, 1.54) is 49.0 Å². The highest BCUT2D eigenvalue weighted by atomic mass is 32.1. The van der Waals surface area contributed by atoms with E-state index in [1.807, 2.05) is 0 Å². The van der Waals surface area contributed by atoms with E-state index < -0.39 is 0 Å². The van der Waals surface area contributed by atoms with Crippen LogP contribution in [0.25, 0.3) is 0 Å². The van der Waals surface area contributed by atoms with Crippen molar-refractivity contribution in [2.75, 3.05) is 6.54 Å². The summed E-state index contributed by atoms with van der Waals surface area (Å²) in [5, 5.41) is 2.13. The number of rotatable bonds is 4. The van der Waals surface area contributed by atoms with Crippen molar-refractivity contribution in [3.8, 4) is 0 Å². The molecule has 0 aliphatic heterocycles. The molecule has 1 fully saturated rings. The zero-order chi connectivity index (χ0) is 12.1.